The van der Waals surface area contributed by atoms with Gasteiger partial charge in [0.1, 0.15) is 0 Å². The fraction of sp³-hybridized carbons (Fsp3) is 0.552. The minimum Gasteiger partial charge on any atom is -0.359 e. The molecule has 3 aliphatic carbocycles. The predicted molar refractivity (Wildman–Crippen MR) is 129 cm³/mol. The van der Waals surface area contributed by atoms with Crippen LogP contribution < -0.4 is 5.32 Å². The van der Waals surface area contributed by atoms with Crippen LogP contribution in [0.25, 0.3) is 10.8 Å². The monoisotopic (exact) mass is 426 g/mol. The number of ether oxygens (including phenoxy) is 1. The summed E-state index contributed by atoms with van der Waals surface area (Å²) < 4.78 is 7.36. The Bertz CT molecular complexity index is 1170. The van der Waals surface area contributed by atoms with Crippen molar-refractivity contribution in [1.82, 2.24) is 10.3 Å². The van der Waals surface area contributed by atoms with Crippen molar-refractivity contribution in [3.8, 4) is 0 Å². The van der Waals surface area contributed by atoms with Crippen LogP contribution in [0, 0.1) is 11.3 Å². The first-order valence-electron chi connectivity index (χ1n) is 12.7. The first kappa shape index (κ1) is 19.5. The van der Waals surface area contributed by atoms with Gasteiger partial charge >= 0.3 is 0 Å². The molecule has 1 saturated heterocycles. The van der Waals surface area contributed by atoms with Gasteiger partial charge in [0.05, 0.1) is 11.2 Å². The van der Waals surface area contributed by atoms with Gasteiger partial charge in [-0.2, -0.15) is 0 Å². The minimum atomic E-state index is -0.0563. The molecule has 1 N–H and O–H groups in total. The molecule has 3 fully saturated rings. The van der Waals surface area contributed by atoms with E-state index in [2.05, 4.69) is 60.7 Å². The van der Waals surface area contributed by atoms with Crippen LogP contribution >= 0.6 is 0 Å². The first-order valence-corrected chi connectivity index (χ1v) is 12.7. The lowest BCUT2D eigenvalue weighted by atomic mass is 9.58. The van der Waals surface area contributed by atoms with Gasteiger partial charge in [-0.15, -0.1) is 0 Å². The molecule has 3 heteroatoms. The van der Waals surface area contributed by atoms with Crippen molar-refractivity contribution in [2.45, 2.75) is 81.5 Å². The summed E-state index contributed by atoms with van der Waals surface area (Å²) in [6, 6.07) is 9.79. The number of fused-ring (bicyclic) bond motifs is 2. The average Bonchev–Trinajstić information content (AvgIpc) is 3.33. The van der Waals surface area contributed by atoms with Gasteiger partial charge in [0.2, 0.25) is 0 Å². The third kappa shape index (κ3) is 2.42. The number of nitrogens with zero attached hydrogens (tertiary/aromatic N) is 1. The molecule has 5 aliphatic rings. The lowest BCUT2D eigenvalue weighted by Crippen LogP contribution is -2.54. The third-order valence-corrected chi connectivity index (χ3v) is 10.2. The lowest BCUT2D eigenvalue weighted by molar-refractivity contribution is -0.136. The van der Waals surface area contributed by atoms with Crippen LogP contribution in [0.5, 0.6) is 0 Å². The van der Waals surface area contributed by atoms with E-state index in [9.17, 15) is 0 Å². The maximum atomic E-state index is 7.36. The summed E-state index contributed by atoms with van der Waals surface area (Å²) in [6.07, 6.45) is 18.8. The van der Waals surface area contributed by atoms with E-state index in [4.69, 9.17) is 4.74 Å². The molecular formula is C29H34N2O. The van der Waals surface area contributed by atoms with Gasteiger partial charge in [-0.05, 0) is 110 Å². The third-order valence-electron chi connectivity index (χ3n) is 10.2. The highest BCUT2D eigenvalue weighted by atomic mass is 16.5. The second kappa shape index (κ2) is 6.55. The molecule has 3 heterocycles. The van der Waals surface area contributed by atoms with E-state index in [1.54, 1.807) is 5.57 Å². The fourth-order valence-electron chi connectivity index (χ4n) is 8.52. The molecule has 1 aromatic carbocycles. The number of nitrogens with one attached hydrogen (secondary N) is 1. The lowest BCUT2D eigenvalue weighted by Gasteiger charge is -2.54. The molecule has 2 aliphatic heterocycles. The van der Waals surface area contributed by atoms with Crippen molar-refractivity contribution in [2.24, 2.45) is 11.3 Å². The van der Waals surface area contributed by atoms with Crippen molar-refractivity contribution in [3.05, 3.63) is 65.5 Å². The molecule has 2 spiro atoms. The molecule has 2 bridgehead atoms. The van der Waals surface area contributed by atoms with Gasteiger partial charge in [0.25, 0.3) is 0 Å². The Balaban J connectivity index is 1.29. The van der Waals surface area contributed by atoms with Gasteiger partial charge in [-0.3, -0.25) is 4.98 Å². The van der Waals surface area contributed by atoms with Crippen molar-refractivity contribution < 1.29 is 4.74 Å². The molecule has 2 aromatic rings. The molecule has 32 heavy (non-hydrogen) atoms. The average molecular weight is 427 g/mol. The van der Waals surface area contributed by atoms with E-state index in [0.717, 1.165) is 6.42 Å². The van der Waals surface area contributed by atoms with Gasteiger partial charge in [-0.1, -0.05) is 31.2 Å². The van der Waals surface area contributed by atoms with Gasteiger partial charge in [0, 0.05) is 23.8 Å². The van der Waals surface area contributed by atoms with Crippen LogP contribution in [0.4, 0.5) is 0 Å². The van der Waals surface area contributed by atoms with Crippen LogP contribution in [-0.4, -0.2) is 29.3 Å². The van der Waals surface area contributed by atoms with E-state index >= 15 is 0 Å². The molecule has 1 aromatic heterocycles. The van der Waals surface area contributed by atoms with Crippen molar-refractivity contribution in [2.75, 3.05) is 7.05 Å². The largest absolute Gasteiger partial charge is 0.359 e. The van der Waals surface area contributed by atoms with Crippen molar-refractivity contribution in [1.29, 1.82) is 0 Å². The highest BCUT2D eigenvalue weighted by Gasteiger charge is 2.66. The number of rotatable bonds is 2. The zero-order valence-corrected chi connectivity index (χ0v) is 19.4. The summed E-state index contributed by atoms with van der Waals surface area (Å²) in [7, 11) is 2.12. The second-order valence-corrected chi connectivity index (χ2v) is 11.4. The summed E-state index contributed by atoms with van der Waals surface area (Å²) in [5, 5.41) is 6.11. The van der Waals surface area contributed by atoms with Crippen molar-refractivity contribution >= 4 is 10.8 Å². The highest BCUT2D eigenvalue weighted by molar-refractivity contribution is 5.82. The van der Waals surface area contributed by atoms with E-state index in [1.165, 1.54) is 66.9 Å². The Kier molecular flexibility index (Phi) is 3.99. The number of aromatic nitrogens is 1. The van der Waals surface area contributed by atoms with E-state index in [1.807, 2.05) is 12.4 Å². The van der Waals surface area contributed by atoms with E-state index in [-0.39, 0.29) is 16.6 Å². The molecule has 3 nitrogen and oxygen atoms in total. The van der Waals surface area contributed by atoms with Crippen LogP contribution in [0.15, 0.2) is 60.0 Å². The van der Waals surface area contributed by atoms with Gasteiger partial charge in [0.15, 0.2) is 0 Å². The quantitative estimate of drug-likeness (QED) is 0.633. The van der Waals surface area contributed by atoms with Crippen LogP contribution in [0.3, 0.4) is 0 Å². The van der Waals surface area contributed by atoms with E-state index < -0.39 is 0 Å². The molecule has 166 valence electrons. The summed E-state index contributed by atoms with van der Waals surface area (Å²) in [6.45, 7) is 2.57. The predicted octanol–water partition coefficient (Wildman–Crippen LogP) is 6.06. The Hall–Kier alpha value is -1.97. The molecule has 2 saturated carbocycles. The molecular weight excluding hydrogens is 392 g/mol. The van der Waals surface area contributed by atoms with Gasteiger partial charge in [-0.25, -0.2) is 0 Å². The van der Waals surface area contributed by atoms with E-state index in [0.29, 0.717) is 17.9 Å². The summed E-state index contributed by atoms with van der Waals surface area (Å²) in [4.78, 5) is 4.37. The second-order valence-electron chi connectivity index (χ2n) is 11.4. The van der Waals surface area contributed by atoms with Crippen LogP contribution in [0.1, 0.15) is 69.8 Å². The molecule has 0 amide bonds. The SMILES string of the molecule is CN[C@@H]1CCC2=CC3=CC[C@]4(C)[C@@H](c5ccc6ccncc6c5)CC[C@H]4[C@@]34CC[C@]2(C1)O4. The number of benzene rings is 1. The number of allylic oxidation sites excluding steroid dienone is 1. The normalized spacial score (nSPS) is 42.1. The summed E-state index contributed by atoms with van der Waals surface area (Å²) in [5.74, 6) is 1.20. The molecule has 7 rings (SSSR count). The summed E-state index contributed by atoms with van der Waals surface area (Å²) in [5.41, 5.74) is 4.80. The molecule has 0 unspecified atom stereocenters. The molecule has 6 atom stereocenters. The topological polar surface area (TPSA) is 34.2 Å². The standard InChI is InChI=1S/C29H34N2O/c1-27-11-9-23-16-22-5-6-24(30-2)17-28(22)12-13-29(23,32-28)26(27)8-7-25(27)20-4-3-19-10-14-31-18-21(19)15-20/h3-4,9-10,14-16,18,24-26,30H,5-8,11-13,17H2,1-2H3/t24-,25-,26-,27-,28-,29-/m1/s1. The van der Waals surface area contributed by atoms with Crippen LogP contribution in [-0.2, 0) is 4.74 Å². The number of hydrogen-bond donors (Lipinski definition) is 1. The smallest absolute Gasteiger partial charge is 0.0974 e. The zero-order chi connectivity index (χ0) is 21.6. The molecule has 0 radical (unpaired) electrons. The minimum absolute atomic E-state index is 0.00573. The fourth-order valence-corrected chi connectivity index (χ4v) is 8.52. The van der Waals surface area contributed by atoms with Gasteiger partial charge < -0.3 is 10.1 Å². The zero-order valence-electron chi connectivity index (χ0n) is 19.4. The number of pyridine rings is 1. The Labute approximate surface area is 191 Å². The maximum absolute atomic E-state index is 7.36. The van der Waals surface area contributed by atoms with Crippen LogP contribution in [0.2, 0.25) is 0 Å². The Morgan fingerprint density at radius 3 is 2.94 bits per heavy atom. The highest BCUT2D eigenvalue weighted by Crippen LogP contribution is 2.69. The first-order chi connectivity index (χ1) is 15.6. The van der Waals surface area contributed by atoms with Crippen molar-refractivity contribution in [3.63, 3.8) is 0 Å². The maximum Gasteiger partial charge on any atom is 0.0974 e. The Morgan fingerprint density at radius 1 is 1.09 bits per heavy atom. The Morgan fingerprint density at radius 2 is 2.03 bits per heavy atom. The number of hydrogen-bond acceptors (Lipinski definition) is 3. The summed E-state index contributed by atoms with van der Waals surface area (Å²) >= 11 is 0.